The number of hydrogen-bond donors (Lipinski definition) is 0. The number of sulfonamides is 1. The summed E-state index contributed by atoms with van der Waals surface area (Å²) in [6, 6.07) is 10.8. The summed E-state index contributed by atoms with van der Waals surface area (Å²) in [7, 11) is -3.69. The molecule has 26 heavy (non-hydrogen) atoms. The molecule has 0 radical (unpaired) electrons. The molecular weight excluding hydrogens is 419 g/mol. The first-order valence-electron chi connectivity index (χ1n) is 7.79. The molecule has 1 aliphatic heterocycles. The van der Waals surface area contributed by atoms with Gasteiger partial charge in [0, 0.05) is 36.8 Å². The summed E-state index contributed by atoms with van der Waals surface area (Å²) in [5, 5.41) is 1.03. The molecule has 1 amide bonds. The van der Waals surface area contributed by atoms with Crippen LogP contribution in [0.25, 0.3) is 0 Å². The second-order valence-electron chi connectivity index (χ2n) is 5.78. The highest BCUT2D eigenvalue weighted by Gasteiger charge is 2.30. The van der Waals surface area contributed by atoms with Gasteiger partial charge in [-0.05, 0) is 42.5 Å². The summed E-state index contributed by atoms with van der Waals surface area (Å²) < 4.78 is 26.8. The van der Waals surface area contributed by atoms with Crippen molar-refractivity contribution in [3.8, 4) is 0 Å². The lowest BCUT2D eigenvalue weighted by Crippen LogP contribution is -2.50. The van der Waals surface area contributed by atoms with Crippen molar-refractivity contribution >= 4 is 50.7 Å². The predicted molar refractivity (Wildman–Crippen MR) is 103 cm³/mol. The van der Waals surface area contributed by atoms with E-state index in [1.54, 1.807) is 29.2 Å². The highest BCUT2D eigenvalue weighted by atomic mass is 35.5. The number of halogens is 3. The van der Waals surface area contributed by atoms with Crippen LogP contribution in [0.1, 0.15) is 10.4 Å². The van der Waals surface area contributed by atoms with Gasteiger partial charge in [0.2, 0.25) is 10.0 Å². The first kappa shape index (κ1) is 19.5. The Morgan fingerprint density at radius 3 is 2.04 bits per heavy atom. The minimum absolute atomic E-state index is 0.0874. The van der Waals surface area contributed by atoms with Crippen LogP contribution in [0.2, 0.25) is 15.1 Å². The fraction of sp³-hybridized carbons (Fsp3) is 0.235. The van der Waals surface area contributed by atoms with Gasteiger partial charge in [0.25, 0.3) is 5.91 Å². The van der Waals surface area contributed by atoms with Gasteiger partial charge >= 0.3 is 0 Å². The molecule has 0 atom stereocenters. The third-order valence-corrected chi connectivity index (χ3v) is 7.03. The molecule has 0 unspecified atom stereocenters. The van der Waals surface area contributed by atoms with Crippen LogP contribution in [-0.2, 0) is 10.0 Å². The standard InChI is InChI=1S/C17H15Cl3N2O3S/c18-13-3-1-12(2-4-13)17(23)21-7-9-22(10-8-21)26(24,25)14-5-6-15(19)16(20)11-14/h1-6,11H,7-10H2. The minimum atomic E-state index is -3.69. The molecule has 0 aliphatic carbocycles. The van der Waals surface area contributed by atoms with E-state index in [0.29, 0.717) is 28.7 Å². The lowest BCUT2D eigenvalue weighted by Gasteiger charge is -2.34. The van der Waals surface area contributed by atoms with Crippen LogP contribution < -0.4 is 0 Å². The number of carbonyl (C=O) groups excluding carboxylic acids is 1. The molecule has 5 nitrogen and oxygen atoms in total. The Labute approximate surface area is 167 Å². The van der Waals surface area contributed by atoms with Gasteiger partial charge in [0.1, 0.15) is 0 Å². The van der Waals surface area contributed by atoms with Gasteiger partial charge in [-0.3, -0.25) is 4.79 Å². The molecule has 0 aromatic heterocycles. The van der Waals surface area contributed by atoms with Crippen molar-refractivity contribution in [2.45, 2.75) is 4.90 Å². The van der Waals surface area contributed by atoms with Crippen LogP contribution >= 0.6 is 34.8 Å². The highest BCUT2D eigenvalue weighted by Crippen LogP contribution is 2.27. The maximum absolute atomic E-state index is 12.7. The van der Waals surface area contributed by atoms with E-state index in [-0.39, 0.29) is 28.9 Å². The number of hydrogen-bond acceptors (Lipinski definition) is 3. The van der Waals surface area contributed by atoms with Crippen molar-refractivity contribution in [2.24, 2.45) is 0 Å². The Morgan fingerprint density at radius 1 is 0.846 bits per heavy atom. The number of piperazine rings is 1. The fourth-order valence-corrected chi connectivity index (χ4v) is 4.63. The van der Waals surface area contributed by atoms with Crippen LogP contribution in [0.4, 0.5) is 0 Å². The second kappa shape index (κ2) is 7.74. The molecule has 0 saturated carbocycles. The lowest BCUT2D eigenvalue weighted by atomic mass is 10.2. The monoisotopic (exact) mass is 432 g/mol. The van der Waals surface area contributed by atoms with Gasteiger partial charge < -0.3 is 4.90 Å². The average Bonchev–Trinajstić information content (AvgIpc) is 2.64. The minimum Gasteiger partial charge on any atom is -0.336 e. The molecule has 2 aromatic carbocycles. The predicted octanol–water partition coefficient (Wildman–Crippen LogP) is 3.79. The smallest absolute Gasteiger partial charge is 0.253 e. The lowest BCUT2D eigenvalue weighted by molar-refractivity contribution is 0.0698. The summed E-state index contributed by atoms with van der Waals surface area (Å²) in [4.78, 5) is 14.2. The molecule has 0 spiro atoms. The van der Waals surface area contributed by atoms with Crippen LogP contribution in [-0.4, -0.2) is 49.7 Å². The summed E-state index contributed by atoms with van der Waals surface area (Å²) in [6.45, 7) is 1.04. The molecule has 2 aromatic rings. The summed E-state index contributed by atoms with van der Waals surface area (Å²) in [5.41, 5.74) is 0.523. The molecule has 0 N–H and O–H groups in total. The van der Waals surface area contributed by atoms with E-state index >= 15 is 0 Å². The van der Waals surface area contributed by atoms with Gasteiger partial charge in [0.15, 0.2) is 0 Å². The molecule has 3 rings (SSSR count). The van der Waals surface area contributed by atoms with Crippen molar-refractivity contribution in [1.29, 1.82) is 0 Å². The molecule has 1 saturated heterocycles. The van der Waals surface area contributed by atoms with Crippen molar-refractivity contribution in [1.82, 2.24) is 9.21 Å². The molecule has 1 heterocycles. The Hall–Kier alpha value is -1.31. The van der Waals surface area contributed by atoms with Crippen molar-refractivity contribution in [2.75, 3.05) is 26.2 Å². The molecule has 1 fully saturated rings. The summed E-state index contributed by atoms with van der Waals surface area (Å²) >= 11 is 17.6. The normalized spacial score (nSPS) is 15.9. The van der Waals surface area contributed by atoms with Gasteiger partial charge in [-0.2, -0.15) is 4.31 Å². The molecule has 0 bridgehead atoms. The van der Waals surface area contributed by atoms with Gasteiger partial charge in [-0.25, -0.2) is 8.42 Å². The van der Waals surface area contributed by atoms with E-state index in [0.717, 1.165) is 0 Å². The van der Waals surface area contributed by atoms with Crippen LogP contribution in [0, 0.1) is 0 Å². The zero-order valence-corrected chi connectivity index (χ0v) is 16.6. The van der Waals surface area contributed by atoms with E-state index in [1.807, 2.05) is 0 Å². The summed E-state index contributed by atoms with van der Waals surface area (Å²) in [6.07, 6.45) is 0. The third kappa shape index (κ3) is 4.00. The Balaban J connectivity index is 1.70. The highest BCUT2D eigenvalue weighted by molar-refractivity contribution is 7.89. The zero-order valence-electron chi connectivity index (χ0n) is 13.5. The average molecular weight is 434 g/mol. The fourth-order valence-electron chi connectivity index (χ4n) is 2.69. The Kier molecular flexibility index (Phi) is 5.79. The van der Waals surface area contributed by atoms with E-state index in [4.69, 9.17) is 34.8 Å². The second-order valence-corrected chi connectivity index (χ2v) is 8.97. The zero-order chi connectivity index (χ0) is 18.9. The van der Waals surface area contributed by atoms with Gasteiger partial charge in [-0.15, -0.1) is 0 Å². The number of carbonyl (C=O) groups is 1. The van der Waals surface area contributed by atoms with Gasteiger partial charge in [-0.1, -0.05) is 34.8 Å². The Morgan fingerprint density at radius 2 is 1.46 bits per heavy atom. The quantitative estimate of drug-likeness (QED) is 0.740. The number of amides is 1. The largest absolute Gasteiger partial charge is 0.336 e. The molecular formula is C17H15Cl3N2O3S. The number of rotatable bonds is 3. The van der Waals surface area contributed by atoms with Crippen LogP contribution in [0.5, 0.6) is 0 Å². The maximum Gasteiger partial charge on any atom is 0.253 e. The van der Waals surface area contributed by atoms with Crippen molar-refractivity contribution in [3.05, 3.63) is 63.1 Å². The van der Waals surface area contributed by atoms with Crippen molar-refractivity contribution < 1.29 is 13.2 Å². The van der Waals surface area contributed by atoms with E-state index in [9.17, 15) is 13.2 Å². The Bertz CT molecular complexity index is 925. The number of benzene rings is 2. The summed E-state index contributed by atoms with van der Waals surface area (Å²) in [5.74, 6) is -0.145. The number of nitrogens with zero attached hydrogens (tertiary/aromatic N) is 2. The molecule has 9 heteroatoms. The van der Waals surface area contributed by atoms with Gasteiger partial charge in [0.05, 0.1) is 14.9 Å². The molecule has 138 valence electrons. The van der Waals surface area contributed by atoms with Crippen molar-refractivity contribution in [3.63, 3.8) is 0 Å². The van der Waals surface area contributed by atoms with E-state index in [2.05, 4.69) is 0 Å². The van der Waals surface area contributed by atoms with Crippen LogP contribution in [0.3, 0.4) is 0 Å². The van der Waals surface area contributed by atoms with E-state index in [1.165, 1.54) is 22.5 Å². The first-order valence-corrected chi connectivity index (χ1v) is 10.4. The SMILES string of the molecule is O=C(c1ccc(Cl)cc1)N1CCN(S(=O)(=O)c2ccc(Cl)c(Cl)c2)CC1. The third-order valence-electron chi connectivity index (χ3n) is 4.15. The first-order chi connectivity index (χ1) is 12.3. The van der Waals surface area contributed by atoms with E-state index < -0.39 is 10.0 Å². The van der Waals surface area contributed by atoms with Crippen LogP contribution in [0.15, 0.2) is 47.4 Å². The molecule has 1 aliphatic rings. The topological polar surface area (TPSA) is 57.7 Å². The maximum atomic E-state index is 12.7.